The largest absolute Gasteiger partial charge is 0.511 e. The average molecular weight is 427 g/mol. The molecule has 0 saturated heterocycles. The van der Waals surface area contributed by atoms with Crippen LogP contribution in [0.2, 0.25) is 0 Å². The molecule has 0 aromatic heterocycles. The SMILES string of the molecule is CNc1cc(N(C)C)c2c(c1O)C(=O)C1=C(O)C3C(=O)C(C(N)=O)=C(O)CC3CC1C2. The van der Waals surface area contributed by atoms with Gasteiger partial charge in [-0.05, 0) is 36.3 Å². The van der Waals surface area contributed by atoms with Crippen molar-refractivity contribution in [1.82, 2.24) is 0 Å². The third-order valence-electron chi connectivity index (χ3n) is 6.61. The van der Waals surface area contributed by atoms with E-state index >= 15 is 0 Å². The van der Waals surface area contributed by atoms with Gasteiger partial charge in [-0.15, -0.1) is 0 Å². The molecule has 3 atom stereocenters. The molecular weight excluding hydrogens is 402 g/mol. The van der Waals surface area contributed by atoms with Gasteiger partial charge < -0.3 is 31.3 Å². The maximum absolute atomic E-state index is 13.5. The number of nitrogens with zero attached hydrogens (tertiary/aromatic N) is 1. The molecule has 9 heteroatoms. The number of primary amides is 1. The number of Topliss-reactive ketones (excluding diaryl/α,β-unsaturated/α-hetero) is 2. The lowest BCUT2D eigenvalue weighted by molar-refractivity contribution is -0.126. The number of carbonyl (C=O) groups excluding carboxylic acids is 3. The second-order valence-corrected chi connectivity index (χ2v) is 8.55. The lowest BCUT2D eigenvalue weighted by Crippen LogP contribution is -2.43. The van der Waals surface area contributed by atoms with Gasteiger partial charge in [-0.3, -0.25) is 14.4 Å². The Hall–Kier alpha value is -3.49. The van der Waals surface area contributed by atoms with Crippen molar-refractivity contribution in [3.63, 3.8) is 0 Å². The summed E-state index contributed by atoms with van der Waals surface area (Å²) in [6.07, 6.45) is 0.780. The highest BCUT2D eigenvalue weighted by Crippen LogP contribution is 2.51. The number of allylic oxidation sites excluding steroid dienone is 3. The van der Waals surface area contributed by atoms with Gasteiger partial charge in [-0.1, -0.05) is 0 Å². The van der Waals surface area contributed by atoms with Gasteiger partial charge >= 0.3 is 0 Å². The molecular formula is C22H25N3O6. The van der Waals surface area contributed by atoms with Gasteiger partial charge in [0.1, 0.15) is 22.8 Å². The topological polar surface area (TPSA) is 153 Å². The third-order valence-corrected chi connectivity index (χ3v) is 6.61. The van der Waals surface area contributed by atoms with Crippen molar-refractivity contribution < 1.29 is 29.7 Å². The summed E-state index contributed by atoms with van der Waals surface area (Å²) >= 11 is 0. The molecule has 164 valence electrons. The predicted octanol–water partition coefficient (Wildman–Crippen LogP) is 1.57. The highest BCUT2D eigenvalue weighted by Gasteiger charge is 2.50. The van der Waals surface area contributed by atoms with Crippen LogP contribution in [0.25, 0.3) is 0 Å². The van der Waals surface area contributed by atoms with E-state index in [9.17, 15) is 29.7 Å². The minimum Gasteiger partial charge on any atom is -0.511 e. The predicted molar refractivity (Wildman–Crippen MR) is 113 cm³/mol. The monoisotopic (exact) mass is 427 g/mol. The molecule has 0 heterocycles. The zero-order valence-electron chi connectivity index (χ0n) is 17.5. The quantitative estimate of drug-likeness (QED) is 0.360. The minimum atomic E-state index is -1.11. The Kier molecular flexibility index (Phi) is 4.72. The van der Waals surface area contributed by atoms with Gasteiger partial charge in [0, 0.05) is 38.8 Å². The first-order valence-corrected chi connectivity index (χ1v) is 10.1. The maximum atomic E-state index is 13.5. The number of aliphatic hydroxyl groups is 2. The van der Waals surface area contributed by atoms with E-state index in [0.717, 1.165) is 5.69 Å². The Labute approximate surface area is 178 Å². The van der Waals surface area contributed by atoms with Crippen LogP contribution in [0.4, 0.5) is 11.4 Å². The number of aliphatic hydroxyl groups excluding tert-OH is 2. The Balaban J connectivity index is 1.89. The summed E-state index contributed by atoms with van der Waals surface area (Å²) in [5.74, 6) is -5.29. The van der Waals surface area contributed by atoms with Crippen molar-refractivity contribution in [1.29, 1.82) is 0 Å². The summed E-state index contributed by atoms with van der Waals surface area (Å²) in [6.45, 7) is 0. The van der Waals surface area contributed by atoms with E-state index < -0.39 is 40.6 Å². The van der Waals surface area contributed by atoms with E-state index in [0.29, 0.717) is 24.1 Å². The van der Waals surface area contributed by atoms with Gasteiger partial charge in [0.15, 0.2) is 11.6 Å². The standard InChI is InChI=1S/C22H25N3O6/c1-24-11-7-12(25(2)3)10-5-8-4-9-6-13(26)17(22(23)31)21(30)15(9)19(28)14(8)20(29)16(10)18(11)27/h7-9,15,24,26-28H,4-6H2,1-3H3,(H2,23,31). The van der Waals surface area contributed by atoms with Crippen LogP contribution in [0.1, 0.15) is 28.8 Å². The van der Waals surface area contributed by atoms with Crippen LogP contribution in [0.5, 0.6) is 5.75 Å². The first kappa shape index (κ1) is 20.8. The Morgan fingerprint density at radius 3 is 2.45 bits per heavy atom. The molecule has 3 aliphatic carbocycles. The summed E-state index contributed by atoms with van der Waals surface area (Å²) < 4.78 is 0. The molecule has 0 fully saturated rings. The molecule has 1 aromatic rings. The van der Waals surface area contributed by atoms with Crippen LogP contribution in [0.15, 0.2) is 28.7 Å². The molecule has 0 spiro atoms. The molecule has 4 rings (SSSR count). The summed E-state index contributed by atoms with van der Waals surface area (Å²) in [7, 11) is 5.30. The second-order valence-electron chi connectivity index (χ2n) is 8.55. The van der Waals surface area contributed by atoms with Crippen molar-refractivity contribution in [2.45, 2.75) is 19.3 Å². The molecule has 1 amide bonds. The van der Waals surface area contributed by atoms with Crippen LogP contribution in [0.3, 0.4) is 0 Å². The summed E-state index contributed by atoms with van der Waals surface area (Å²) in [4.78, 5) is 39.9. The van der Waals surface area contributed by atoms with Crippen molar-refractivity contribution >= 4 is 28.8 Å². The van der Waals surface area contributed by atoms with E-state index in [2.05, 4.69) is 5.32 Å². The molecule has 1 aromatic carbocycles. The Bertz CT molecular complexity index is 1100. The number of benzene rings is 1. The number of anilines is 2. The Morgan fingerprint density at radius 1 is 1.19 bits per heavy atom. The molecule has 0 bridgehead atoms. The number of rotatable bonds is 3. The zero-order valence-corrected chi connectivity index (χ0v) is 17.5. The highest BCUT2D eigenvalue weighted by atomic mass is 16.3. The first-order valence-electron chi connectivity index (χ1n) is 10.1. The van der Waals surface area contributed by atoms with Gasteiger partial charge in [0.2, 0.25) is 0 Å². The molecule has 6 N–H and O–H groups in total. The normalized spacial score (nSPS) is 25.1. The molecule has 31 heavy (non-hydrogen) atoms. The minimum absolute atomic E-state index is 0.0219. The van der Waals surface area contributed by atoms with E-state index in [1.807, 2.05) is 19.0 Å². The van der Waals surface area contributed by atoms with Crippen LogP contribution in [0, 0.1) is 17.8 Å². The summed E-state index contributed by atoms with van der Waals surface area (Å²) in [6, 6.07) is 1.76. The van der Waals surface area contributed by atoms with Gasteiger partial charge in [-0.2, -0.15) is 0 Å². The molecule has 0 saturated carbocycles. The van der Waals surface area contributed by atoms with Crippen molar-refractivity contribution in [3.05, 3.63) is 39.9 Å². The third kappa shape index (κ3) is 2.87. The van der Waals surface area contributed by atoms with E-state index in [1.54, 1.807) is 13.1 Å². The average Bonchev–Trinajstić information content (AvgIpc) is 2.66. The number of nitrogens with two attached hydrogens (primary N) is 1. The number of phenolic OH excluding ortho intramolecular Hbond substituents is 1. The van der Waals surface area contributed by atoms with Crippen LogP contribution >= 0.6 is 0 Å². The number of fused-ring (bicyclic) bond motifs is 3. The second kappa shape index (κ2) is 7.04. The van der Waals surface area contributed by atoms with Crippen molar-refractivity contribution in [2.24, 2.45) is 23.5 Å². The first-order chi connectivity index (χ1) is 14.6. The fourth-order valence-electron chi connectivity index (χ4n) is 5.28. The van der Waals surface area contributed by atoms with Crippen LogP contribution in [-0.4, -0.2) is 53.9 Å². The van der Waals surface area contributed by atoms with Gasteiger partial charge in [0.05, 0.1) is 17.2 Å². The van der Waals surface area contributed by atoms with Gasteiger partial charge in [0.25, 0.3) is 5.91 Å². The number of phenols is 1. The summed E-state index contributed by atoms with van der Waals surface area (Å²) in [5.41, 5.74) is 6.73. The van der Waals surface area contributed by atoms with E-state index in [4.69, 9.17) is 5.73 Å². The molecule has 0 aliphatic heterocycles. The lowest BCUT2D eigenvalue weighted by Gasteiger charge is -2.41. The number of ketones is 2. The zero-order chi connectivity index (χ0) is 22.8. The molecule has 9 nitrogen and oxygen atoms in total. The molecule has 0 radical (unpaired) electrons. The number of aromatic hydroxyl groups is 1. The molecule has 3 aliphatic rings. The van der Waals surface area contributed by atoms with Gasteiger partial charge in [-0.25, -0.2) is 0 Å². The summed E-state index contributed by atoms with van der Waals surface area (Å²) in [5, 5.41) is 34.8. The van der Waals surface area contributed by atoms with E-state index in [-0.39, 0.29) is 35.0 Å². The van der Waals surface area contributed by atoms with Crippen molar-refractivity contribution in [3.8, 4) is 5.75 Å². The Morgan fingerprint density at radius 2 is 1.87 bits per heavy atom. The van der Waals surface area contributed by atoms with Crippen LogP contribution in [-0.2, 0) is 16.0 Å². The van der Waals surface area contributed by atoms with E-state index in [1.165, 1.54) is 0 Å². The number of hydrogen-bond acceptors (Lipinski definition) is 8. The number of amides is 1. The molecule has 3 unspecified atom stereocenters. The smallest absolute Gasteiger partial charge is 0.255 e. The maximum Gasteiger partial charge on any atom is 0.255 e. The number of carbonyl (C=O) groups is 3. The van der Waals surface area contributed by atoms with Crippen LogP contribution < -0.4 is 16.0 Å². The fraction of sp³-hybridized carbons (Fsp3) is 0.409. The number of hydrogen-bond donors (Lipinski definition) is 5. The lowest BCUT2D eigenvalue weighted by atomic mass is 9.62. The fourth-order valence-corrected chi connectivity index (χ4v) is 5.28. The van der Waals surface area contributed by atoms with Crippen molar-refractivity contribution in [2.75, 3.05) is 31.4 Å². The number of nitrogens with one attached hydrogen (secondary N) is 1. The highest BCUT2D eigenvalue weighted by molar-refractivity contribution is 6.22.